The molecule has 0 bridgehead atoms. The predicted molar refractivity (Wildman–Crippen MR) is 97.8 cm³/mol. The van der Waals surface area contributed by atoms with Gasteiger partial charge in [-0.2, -0.15) is 0 Å². The lowest BCUT2D eigenvalue weighted by Gasteiger charge is -2.26. The molecule has 2 rings (SSSR count). The van der Waals surface area contributed by atoms with E-state index < -0.39 is 17.4 Å². The van der Waals surface area contributed by atoms with Crippen LogP contribution in [0.15, 0.2) is 48.5 Å². The highest BCUT2D eigenvalue weighted by molar-refractivity contribution is 6.14. The minimum absolute atomic E-state index is 0.0392. The van der Waals surface area contributed by atoms with Gasteiger partial charge in [-0.1, -0.05) is 50.2 Å². The normalized spacial score (nSPS) is 11.2. The summed E-state index contributed by atoms with van der Waals surface area (Å²) in [5, 5.41) is 18.4. The van der Waals surface area contributed by atoms with Crippen LogP contribution in [-0.4, -0.2) is 27.9 Å². The highest BCUT2D eigenvalue weighted by Gasteiger charge is 2.25. The Balaban J connectivity index is 2.35. The Morgan fingerprint density at radius 3 is 2.15 bits per heavy atom. The second kappa shape index (κ2) is 7.95. The number of carboxylic acid groups (broad SMARTS) is 2. The van der Waals surface area contributed by atoms with Crippen LogP contribution < -0.4 is 0 Å². The van der Waals surface area contributed by atoms with Crippen LogP contribution >= 0.6 is 0 Å². The van der Waals surface area contributed by atoms with Gasteiger partial charge in [-0.05, 0) is 36.0 Å². The molecule has 5 heteroatoms. The van der Waals surface area contributed by atoms with Crippen molar-refractivity contribution in [1.82, 2.24) is 0 Å². The highest BCUT2D eigenvalue weighted by Crippen LogP contribution is 2.31. The first-order valence-corrected chi connectivity index (χ1v) is 8.42. The number of benzene rings is 2. The van der Waals surface area contributed by atoms with Crippen molar-refractivity contribution >= 4 is 17.7 Å². The van der Waals surface area contributed by atoms with Crippen molar-refractivity contribution in [1.29, 1.82) is 0 Å². The first-order chi connectivity index (χ1) is 12.2. The van der Waals surface area contributed by atoms with Crippen molar-refractivity contribution in [2.75, 3.05) is 0 Å². The first-order valence-electron chi connectivity index (χ1n) is 8.42. The van der Waals surface area contributed by atoms with Crippen LogP contribution in [0.1, 0.15) is 65.0 Å². The van der Waals surface area contributed by atoms with Gasteiger partial charge in [0, 0.05) is 17.5 Å². The molecular weight excluding hydrogens is 332 g/mol. The maximum Gasteiger partial charge on any atom is 0.336 e. The van der Waals surface area contributed by atoms with E-state index in [-0.39, 0.29) is 23.3 Å². The van der Waals surface area contributed by atoms with Gasteiger partial charge in [0.25, 0.3) is 0 Å². The topological polar surface area (TPSA) is 91.7 Å². The van der Waals surface area contributed by atoms with Crippen LogP contribution in [0.4, 0.5) is 0 Å². The summed E-state index contributed by atoms with van der Waals surface area (Å²) in [6, 6.07) is 13.4. The number of carboxylic acids is 2. The molecule has 0 atom stereocenters. The van der Waals surface area contributed by atoms with Gasteiger partial charge in [-0.15, -0.1) is 0 Å². The molecule has 0 radical (unpaired) electrons. The summed E-state index contributed by atoms with van der Waals surface area (Å²) in [5.41, 5.74) is 0.915. The van der Waals surface area contributed by atoms with Gasteiger partial charge in [-0.25, -0.2) is 4.79 Å². The summed E-state index contributed by atoms with van der Waals surface area (Å²) in [6.07, 6.45) is 1.17. The van der Waals surface area contributed by atoms with Crippen LogP contribution in [0.3, 0.4) is 0 Å². The van der Waals surface area contributed by atoms with Crippen molar-refractivity contribution in [3.05, 3.63) is 70.8 Å². The second-order valence-electron chi connectivity index (χ2n) is 6.89. The first kappa shape index (κ1) is 19.4. The van der Waals surface area contributed by atoms with Crippen molar-refractivity contribution in [3.63, 3.8) is 0 Å². The molecule has 5 nitrogen and oxygen atoms in total. The Morgan fingerprint density at radius 2 is 1.58 bits per heavy atom. The number of aromatic carboxylic acids is 1. The Bertz CT molecular complexity index is 822. The molecule has 0 saturated carbocycles. The lowest BCUT2D eigenvalue weighted by Crippen LogP contribution is -2.20. The minimum atomic E-state index is -1.16. The summed E-state index contributed by atoms with van der Waals surface area (Å²) < 4.78 is 0. The number of hydrogen-bond donors (Lipinski definition) is 2. The molecule has 0 aliphatic heterocycles. The third-order valence-electron chi connectivity index (χ3n) is 4.50. The minimum Gasteiger partial charge on any atom is -0.481 e. The van der Waals surface area contributed by atoms with E-state index in [1.165, 1.54) is 6.07 Å². The number of carbonyl (C=O) groups excluding carboxylic acids is 1. The average molecular weight is 354 g/mol. The number of aliphatic carboxylic acids is 1. The zero-order valence-corrected chi connectivity index (χ0v) is 14.9. The lowest BCUT2D eigenvalue weighted by molar-refractivity contribution is -0.137. The van der Waals surface area contributed by atoms with Gasteiger partial charge in [0.05, 0.1) is 5.56 Å². The van der Waals surface area contributed by atoms with Gasteiger partial charge >= 0.3 is 11.9 Å². The Labute approximate surface area is 152 Å². The van der Waals surface area contributed by atoms with E-state index in [1.807, 2.05) is 13.8 Å². The zero-order valence-electron chi connectivity index (χ0n) is 14.9. The number of rotatable bonds is 8. The molecule has 0 unspecified atom stereocenters. The van der Waals surface area contributed by atoms with Crippen molar-refractivity contribution < 1.29 is 24.6 Å². The quantitative estimate of drug-likeness (QED) is 0.695. The molecule has 0 fully saturated rings. The summed E-state index contributed by atoms with van der Waals surface area (Å²) in [5.74, 6) is -2.35. The van der Waals surface area contributed by atoms with Gasteiger partial charge in [0.2, 0.25) is 0 Å². The standard InChI is InChI=1S/C21H22O5/c1-21(2,12-6-9-18(22)23)15-10-11-16(17(13-15)20(25)26)19(24)14-7-4-3-5-8-14/h3-5,7-8,10-11,13H,6,9,12H2,1-2H3,(H,22,23)(H,25,26). The Morgan fingerprint density at radius 1 is 0.923 bits per heavy atom. The molecule has 2 N–H and O–H groups in total. The van der Waals surface area contributed by atoms with Gasteiger partial charge in [0.15, 0.2) is 5.78 Å². The van der Waals surface area contributed by atoms with E-state index in [9.17, 15) is 19.5 Å². The molecule has 0 aliphatic rings. The summed E-state index contributed by atoms with van der Waals surface area (Å²) >= 11 is 0. The molecule has 2 aromatic rings. The fraction of sp³-hybridized carbons (Fsp3) is 0.286. The fourth-order valence-electron chi connectivity index (χ4n) is 2.91. The molecule has 0 amide bonds. The van der Waals surface area contributed by atoms with Gasteiger partial charge < -0.3 is 10.2 Å². The van der Waals surface area contributed by atoms with Gasteiger partial charge in [-0.3, -0.25) is 9.59 Å². The van der Waals surface area contributed by atoms with Crippen molar-refractivity contribution in [2.45, 2.75) is 38.5 Å². The smallest absolute Gasteiger partial charge is 0.336 e. The number of hydrogen-bond acceptors (Lipinski definition) is 3. The number of carbonyl (C=O) groups is 3. The van der Waals surface area contributed by atoms with Crippen molar-refractivity contribution in [2.24, 2.45) is 0 Å². The van der Waals surface area contributed by atoms with Crippen molar-refractivity contribution in [3.8, 4) is 0 Å². The van der Waals surface area contributed by atoms with Crippen LogP contribution in [0, 0.1) is 0 Å². The Kier molecular flexibility index (Phi) is 5.93. The van der Waals surface area contributed by atoms with E-state index in [0.717, 1.165) is 5.56 Å². The van der Waals surface area contributed by atoms with E-state index in [4.69, 9.17) is 5.11 Å². The average Bonchev–Trinajstić information content (AvgIpc) is 2.60. The molecule has 2 aromatic carbocycles. The molecule has 0 aromatic heterocycles. The summed E-state index contributed by atoms with van der Waals surface area (Å²) in [4.78, 5) is 35.1. The largest absolute Gasteiger partial charge is 0.481 e. The maximum atomic E-state index is 12.7. The van der Waals surface area contributed by atoms with Gasteiger partial charge in [0.1, 0.15) is 0 Å². The fourth-order valence-corrected chi connectivity index (χ4v) is 2.91. The summed E-state index contributed by atoms with van der Waals surface area (Å²) in [6.45, 7) is 3.88. The molecule has 0 heterocycles. The third kappa shape index (κ3) is 4.57. The Hall–Kier alpha value is -2.95. The molecule has 0 saturated heterocycles. The monoisotopic (exact) mass is 354 g/mol. The second-order valence-corrected chi connectivity index (χ2v) is 6.89. The molecule has 0 aliphatic carbocycles. The molecule has 136 valence electrons. The third-order valence-corrected chi connectivity index (χ3v) is 4.50. The van der Waals surface area contributed by atoms with E-state index in [2.05, 4.69) is 0 Å². The van der Waals surface area contributed by atoms with E-state index >= 15 is 0 Å². The zero-order chi connectivity index (χ0) is 19.3. The maximum absolute atomic E-state index is 12.7. The van der Waals surface area contributed by atoms with E-state index in [0.29, 0.717) is 18.4 Å². The van der Waals surface area contributed by atoms with E-state index in [1.54, 1.807) is 42.5 Å². The highest BCUT2D eigenvalue weighted by atomic mass is 16.4. The van der Waals surface area contributed by atoms with Crippen LogP contribution in [0.2, 0.25) is 0 Å². The lowest BCUT2D eigenvalue weighted by atomic mass is 9.78. The molecule has 0 spiro atoms. The molecule has 26 heavy (non-hydrogen) atoms. The molecular formula is C21H22O5. The van der Waals surface area contributed by atoms with Crippen LogP contribution in [0.5, 0.6) is 0 Å². The van der Waals surface area contributed by atoms with Crippen LogP contribution in [-0.2, 0) is 10.2 Å². The predicted octanol–water partition coefficient (Wildman–Crippen LogP) is 4.15. The summed E-state index contributed by atoms with van der Waals surface area (Å²) in [7, 11) is 0. The van der Waals surface area contributed by atoms with Crippen LogP contribution in [0.25, 0.3) is 0 Å². The SMILES string of the molecule is CC(C)(CCCC(=O)O)c1ccc(C(=O)c2ccccc2)c(C(=O)O)c1. The number of ketones is 1.